The monoisotopic (exact) mass is 444 g/mol. The summed E-state index contributed by atoms with van der Waals surface area (Å²) < 4.78 is 40.7. The first-order chi connectivity index (χ1) is 15.1. The van der Waals surface area contributed by atoms with Crippen LogP contribution in [-0.4, -0.2) is 27.4 Å². The third kappa shape index (κ3) is 4.08. The number of benzene rings is 2. The van der Waals surface area contributed by atoms with Gasteiger partial charge in [0.05, 0.1) is 16.6 Å². The van der Waals surface area contributed by atoms with Crippen molar-refractivity contribution in [1.29, 1.82) is 0 Å². The van der Waals surface area contributed by atoms with Crippen molar-refractivity contribution in [3.05, 3.63) is 58.4 Å². The second kappa shape index (κ2) is 8.10. The average molecular weight is 444 g/mol. The van der Waals surface area contributed by atoms with Crippen molar-refractivity contribution in [2.75, 3.05) is 5.32 Å². The van der Waals surface area contributed by atoms with Gasteiger partial charge in [-0.2, -0.15) is 13.2 Å². The smallest absolute Gasteiger partial charge is 0.344 e. The fourth-order valence-electron chi connectivity index (χ4n) is 3.71. The largest absolute Gasteiger partial charge is 0.416 e. The minimum absolute atomic E-state index is 0.0290. The number of halogens is 3. The van der Waals surface area contributed by atoms with Crippen LogP contribution in [0.3, 0.4) is 0 Å². The molecule has 4 rings (SSSR count). The zero-order valence-corrected chi connectivity index (χ0v) is 17.0. The zero-order chi connectivity index (χ0) is 23.0. The van der Waals surface area contributed by atoms with E-state index >= 15 is 0 Å². The Balaban J connectivity index is 1.79. The van der Waals surface area contributed by atoms with Crippen molar-refractivity contribution < 1.29 is 22.8 Å². The van der Waals surface area contributed by atoms with Gasteiger partial charge in [-0.3, -0.25) is 19.0 Å². The first-order valence-electron chi connectivity index (χ1n) is 9.93. The molecule has 166 valence electrons. The Bertz CT molecular complexity index is 1280. The summed E-state index contributed by atoms with van der Waals surface area (Å²) in [6.45, 7) is 0. The minimum Gasteiger partial charge on any atom is -0.344 e. The Kier molecular flexibility index (Phi) is 5.45. The summed E-state index contributed by atoms with van der Waals surface area (Å²) in [5, 5.41) is 5.51. The molecule has 0 bridgehead atoms. The van der Waals surface area contributed by atoms with Crippen molar-refractivity contribution in [3.63, 3.8) is 0 Å². The lowest BCUT2D eigenvalue weighted by molar-refractivity contribution is -0.137. The number of para-hydroxylation sites is 1. The maximum atomic E-state index is 13.2. The normalized spacial score (nSPS) is 16.6. The van der Waals surface area contributed by atoms with Crippen LogP contribution >= 0.6 is 0 Å². The van der Waals surface area contributed by atoms with E-state index in [-0.39, 0.29) is 33.9 Å². The summed E-state index contributed by atoms with van der Waals surface area (Å²) in [6, 6.07) is 8.48. The fraction of sp³-hybridized carbons (Fsp3) is 0.273. The van der Waals surface area contributed by atoms with Crippen LogP contribution in [0, 0.1) is 0 Å². The Hall–Kier alpha value is -3.69. The van der Waals surface area contributed by atoms with Gasteiger partial charge in [-0.25, -0.2) is 4.98 Å². The number of hydrogen-bond donors (Lipinski definition) is 2. The lowest BCUT2D eigenvalue weighted by Gasteiger charge is -2.22. The van der Waals surface area contributed by atoms with Crippen molar-refractivity contribution in [2.45, 2.75) is 31.5 Å². The second-order valence-electron chi connectivity index (χ2n) is 7.58. The van der Waals surface area contributed by atoms with Gasteiger partial charge >= 0.3 is 6.18 Å². The number of nitrogens with zero attached hydrogens (tertiary/aromatic N) is 2. The number of rotatable bonds is 3. The number of carbonyl (C=O) groups excluding carboxylic acids is 2. The van der Waals surface area contributed by atoms with Gasteiger partial charge in [0.2, 0.25) is 11.8 Å². The van der Waals surface area contributed by atoms with Crippen LogP contribution in [0.15, 0.2) is 47.3 Å². The molecule has 1 atom stereocenters. The molecule has 1 aliphatic heterocycles. The molecule has 3 aromatic rings. The van der Waals surface area contributed by atoms with E-state index in [0.29, 0.717) is 19.3 Å². The molecule has 7 nitrogen and oxygen atoms in total. The highest BCUT2D eigenvalue weighted by Gasteiger charge is 2.31. The van der Waals surface area contributed by atoms with Gasteiger partial charge in [-0.15, -0.1) is 0 Å². The van der Waals surface area contributed by atoms with Crippen LogP contribution in [0.4, 0.5) is 18.9 Å². The summed E-state index contributed by atoms with van der Waals surface area (Å²) in [6.07, 6.45) is -3.13. The molecule has 0 aliphatic carbocycles. The summed E-state index contributed by atoms with van der Waals surface area (Å²) in [5.41, 5.74) is -0.831. The summed E-state index contributed by atoms with van der Waals surface area (Å²) >= 11 is 0. The number of alkyl halides is 3. The molecule has 32 heavy (non-hydrogen) atoms. The van der Waals surface area contributed by atoms with Crippen LogP contribution in [0.1, 0.15) is 24.8 Å². The molecular weight excluding hydrogens is 425 g/mol. The van der Waals surface area contributed by atoms with Gasteiger partial charge in [0.25, 0.3) is 5.56 Å². The standard InChI is InChI=1S/C22H19F3N4O3/c1-29-19(12-5-2-6-13(11-12)22(23,24)25)28-18-14(21(29)32)7-3-8-15(18)27-20(31)16-9-4-10-17(30)26-16/h2-3,5-8,11,16H,4,9-10H2,1H3,(H,26,30)(H,27,31). The minimum atomic E-state index is -4.55. The number of nitrogens with one attached hydrogen (secondary N) is 2. The lowest BCUT2D eigenvalue weighted by atomic mass is 10.0. The van der Waals surface area contributed by atoms with E-state index in [4.69, 9.17) is 0 Å². The van der Waals surface area contributed by atoms with Gasteiger partial charge in [-0.1, -0.05) is 18.2 Å². The molecule has 0 spiro atoms. The van der Waals surface area contributed by atoms with E-state index in [2.05, 4.69) is 15.6 Å². The fourth-order valence-corrected chi connectivity index (χ4v) is 3.71. The number of carbonyl (C=O) groups is 2. The zero-order valence-electron chi connectivity index (χ0n) is 17.0. The Labute approximate surface area is 180 Å². The van der Waals surface area contributed by atoms with E-state index in [1.54, 1.807) is 12.1 Å². The third-order valence-electron chi connectivity index (χ3n) is 5.36. The van der Waals surface area contributed by atoms with E-state index in [1.807, 2.05) is 0 Å². The highest BCUT2D eigenvalue weighted by atomic mass is 19.4. The molecule has 0 radical (unpaired) electrons. The van der Waals surface area contributed by atoms with Gasteiger partial charge in [-0.05, 0) is 37.1 Å². The molecule has 2 aromatic carbocycles. The number of amides is 2. The van der Waals surface area contributed by atoms with Crippen LogP contribution in [0.5, 0.6) is 0 Å². The average Bonchev–Trinajstić information content (AvgIpc) is 2.76. The predicted octanol–water partition coefficient (Wildman–Crippen LogP) is 3.23. The maximum absolute atomic E-state index is 13.2. The summed E-state index contributed by atoms with van der Waals surface area (Å²) in [5.74, 6) is -0.636. The van der Waals surface area contributed by atoms with Crippen LogP contribution in [0.2, 0.25) is 0 Å². The van der Waals surface area contributed by atoms with Gasteiger partial charge in [0.15, 0.2) is 0 Å². The lowest BCUT2D eigenvalue weighted by Crippen LogP contribution is -2.46. The number of anilines is 1. The molecule has 2 heterocycles. The highest BCUT2D eigenvalue weighted by molar-refractivity contribution is 6.03. The number of fused-ring (bicyclic) bond motifs is 1. The van der Waals surface area contributed by atoms with Crippen LogP contribution in [0.25, 0.3) is 22.3 Å². The molecule has 1 unspecified atom stereocenters. The van der Waals surface area contributed by atoms with E-state index in [0.717, 1.165) is 12.1 Å². The summed E-state index contributed by atoms with van der Waals surface area (Å²) in [7, 11) is 1.42. The van der Waals surface area contributed by atoms with Crippen molar-refractivity contribution in [1.82, 2.24) is 14.9 Å². The van der Waals surface area contributed by atoms with E-state index in [1.165, 1.54) is 29.8 Å². The molecular formula is C22H19F3N4O3. The predicted molar refractivity (Wildman–Crippen MR) is 112 cm³/mol. The first kappa shape index (κ1) is 21.5. The van der Waals surface area contributed by atoms with Gasteiger partial charge in [0, 0.05) is 19.0 Å². The number of aromatic nitrogens is 2. The summed E-state index contributed by atoms with van der Waals surface area (Å²) in [4.78, 5) is 41.6. The maximum Gasteiger partial charge on any atom is 0.416 e. The Morgan fingerprint density at radius 1 is 1.19 bits per heavy atom. The van der Waals surface area contributed by atoms with E-state index < -0.39 is 29.2 Å². The number of piperidine rings is 1. The molecule has 0 saturated carbocycles. The molecule has 1 aliphatic rings. The van der Waals surface area contributed by atoms with Crippen molar-refractivity contribution >= 4 is 28.4 Å². The van der Waals surface area contributed by atoms with Crippen LogP contribution < -0.4 is 16.2 Å². The SMILES string of the molecule is Cn1c(-c2cccc(C(F)(F)F)c2)nc2c(NC(=O)C3CCCC(=O)N3)cccc2c1=O. The van der Waals surface area contributed by atoms with Gasteiger partial charge < -0.3 is 10.6 Å². The molecule has 1 fully saturated rings. The molecule has 1 saturated heterocycles. The number of hydrogen-bond acceptors (Lipinski definition) is 4. The van der Waals surface area contributed by atoms with Gasteiger partial charge in [0.1, 0.15) is 17.4 Å². The van der Waals surface area contributed by atoms with Crippen molar-refractivity contribution in [2.24, 2.45) is 7.05 Å². The Morgan fingerprint density at radius 2 is 1.94 bits per heavy atom. The Morgan fingerprint density at radius 3 is 2.66 bits per heavy atom. The molecule has 2 N–H and O–H groups in total. The second-order valence-corrected chi connectivity index (χ2v) is 7.58. The molecule has 2 amide bonds. The molecule has 1 aromatic heterocycles. The van der Waals surface area contributed by atoms with Crippen LogP contribution in [-0.2, 0) is 22.8 Å². The highest BCUT2D eigenvalue weighted by Crippen LogP contribution is 2.32. The van der Waals surface area contributed by atoms with E-state index in [9.17, 15) is 27.6 Å². The third-order valence-corrected chi connectivity index (χ3v) is 5.36. The first-order valence-corrected chi connectivity index (χ1v) is 9.93. The quantitative estimate of drug-likeness (QED) is 0.649. The molecule has 10 heteroatoms. The topological polar surface area (TPSA) is 93.1 Å². The van der Waals surface area contributed by atoms with Crippen molar-refractivity contribution in [3.8, 4) is 11.4 Å².